The molecule has 6 heteroatoms. The fourth-order valence-corrected chi connectivity index (χ4v) is 2.07. The van der Waals surface area contributed by atoms with Gasteiger partial charge in [-0.15, -0.1) is 12.4 Å². The largest absolute Gasteiger partial charge is 0.492 e. The SMILES string of the molecule is CN1CCC[C@H]1COc1cccc([N+](=O)[O-])c1.Cl. The fraction of sp³-hybridized carbons (Fsp3) is 0.500. The second-order valence-corrected chi connectivity index (χ2v) is 4.34. The van der Waals surface area contributed by atoms with E-state index in [0.29, 0.717) is 18.4 Å². The predicted molar refractivity (Wildman–Crippen MR) is 71.5 cm³/mol. The van der Waals surface area contributed by atoms with E-state index in [1.807, 2.05) is 0 Å². The zero-order valence-electron chi connectivity index (χ0n) is 10.2. The minimum Gasteiger partial charge on any atom is -0.492 e. The first-order valence-electron chi connectivity index (χ1n) is 5.74. The van der Waals surface area contributed by atoms with Crippen LogP contribution in [0.25, 0.3) is 0 Å². The first-order valence-corrected chi connectivity index (χ1v) is 5.74. The van der Waals surface area contributed by atoms with Gasteiger partial charge in [0, 0.05) is 12.1 Å². The van der Waals surface area contributed by atoms with E-state index in [2.05, 4.69) is 11.9 Å². The van der Waals surface area contributed by atoms with E-state index in [1.165, 1.54) is 18.6 Å². The molecule has 100 valence electrons. The van der Waals surface area contributed by atoms with E-state index in [0.717, 1.165) is 13.0 Å². The van der Waals surface area contributed by atoms with Crippen LogP contribution in [0.15, 0.2) is 24.3 Å². The Morgan fingerprint density at radius 1 is 1.56 bits per heavy atom. The minimum absolute atomic E-state index is 0. The standard InChI is InChI=1S/C12H16N2O3.ClH/c1-13-7-3-5-11(13)9-17-12-6-2-4-10(8-12)14(15)16;/h2,4,6,8,11H,3,5,7,9H2,1H3;1H/t11-;/m0./s1. The third-order valence-electron chi connectivity index (χ3n) is 3.14. The van der Waals surface area contributed by atoms with Crippen LogP contribution in [0.2, 0.25) is 0 Å². The summed E-state index contributed by atoms with van der Waals surface area (Å²) < 4.78 is 5.61. The van der Waals surface area contributed by atoms with Gasteiger partial charge in [-0.3, -0.25) is 10.1 Å². The Labute approximate surface area is 112 Å². The molecule has 0 bridgehead atoms. The van der Waals surface area contributed by atoms with Gasteiger partial charge in [-0.25, -0.2) is 0 Å². The predicted octanol–water partition coefficient (Wildman–Crippen LogP) is 2.49. The van der Waals surface area contributed by atoms with E-state index in [9.17, 15) is 10.1 Å². The monoisotopic (exact) mass is 272 g/mol. The van der Waals surface area contributed by atoms with Crippen molar-refractivity contribution in [1.82, 2.24) is 4.90 Å². The number of nitro groups is 1. The molecule has 1 atom stereocenters. The Morgan fingerprint density at radius 2 is 2.33 bits per heavy atom. The molecule has 0 saturated carbocycles. The third kappa shape index (κ3) is 3.58. The number of nitrogens with zero attached hydrogens (tertiary/aromatic N) is 2. The maximum atomic E-state index is 10.6. The molecule has 0 aromatic heterocycles. The molecule has 0 aliphatic carbocycles. The summed E-state index contributed by atoms with van der Waals surface area (Å²) in [4.78, 5) is 12.5. The molecule has 0 amide bonds. The lowest BCUT2D eigenvalue weighted by Gasteiger charge is -2.19. The van der Waals surface area contributed by atoms with Crippen molar-refractivity contribution in [2.24, 2.45) is 0 Å². The van der Waals surface area contributed by atoms with Crippen LogP contribution in [0.4, 0.5) is 5.69 Å². The number of benzene rings is 1. The van der Waals surface area contributed by atoms with Gasteiger partial charge in [0.25, 0.3) is 5.69 Å². The van der Waals surface area contributed by atoms with Crippen LogP contribution in [0.3, 0.4) is 0 Å². The van der Waals surface area contributed by atoms with Crippen molar-refractivity contribution in [1.29, 1.82) is 0 Å². The van der Waals surface area contributed by atoms with Crippen molar-refractivity contribution in [2.45, 2.75) is 18.9 Å². The van der Waals surface area contributed by atoms with Gasteiger partial charge >= 0.3 is 0 Å². The van der Waals surface area contributed by atoms with Gasteiger partial charge in [-0.1, -0.05) is 6.07 Å². The normalized spacial score (nSPS) is 19.3. The molecular formula is C12H17ClN2O3. The highest BCUT2D eigenvalue weighted by atomic mass is 35.5. The average molecular weight is 273 g/mol. The smallest absolute Gasteiger partial charge is 0.273 e. The van der Waals surface area contributed by atoms with E-state index in [-0.39, 0.29) is 18.1 Å². The molecule has 0 unspecified atom stereocenters. The van der Waals surface area contributed by atoms with Gasteiger partial charge in [0.15, 0.2) is 0 Å². The summed E-state index contributed by atoms with van der Waals surface area (Å²) in [7, 11) is 2.08. The molecule has 1 fully saturated rings. The molecule has 1 aliphatic rings. The molecule has 0 radical (unpaired) electrons. The summed E-state index contributed by atoms with van der Waals surface area (Å²) in [5.74, 6) is 0.569. The summed E-state index contributed by atoms with van der Waals surface area (Å²) in [6.45, 7) is 1.70. The highest BCUT2D eigenvalue weighted by Crippen LogP contribution is 2.21. The lowest BCUT2D eigenvalue weighted by molar-refractivity contribution is -0.384. The molecule has 1 saturated heterocycles. The number of likely N-dealkylation sites (tertiary alicyclic amines) is 1. The number of likely N-dealkylation sites (N-methyl/N-ethyl adjacent to an activating group) is 1. The second-order valence-electron chi connectivity index (χ2n) is 4.34. The Kier molecular flexibility index (Phi) is 5.37. The van der Waals surface area contributed by atoms with Crippen molar-refractivity contribution in [3.63, 3.8) is 0 Å². The maximum absolute atomic E-state index is 10.6. The summed E-state index contributed by atoms with van der Waals surface area (Å²) in [6, 6.07) is 6.76. The van der Waals surface area contributed by atoms with Gasteiger partial charge in [0.2, 0.25) is 0 Å². The van der Waals surface area contributed by atoms with Crippen molar-refractivity contribution >= 4 is 18.1 Å². The fourth-order valence-electron chi connectivity index (χ4n) is 2.07. The van der Waals surface area contributed by atoms with E-state index in [4.69, 9.17) is 4.74 Å². The maximum Gasteiger partial charge on any atom is 0.273 e. The first kappa shape index (κ1) is 14.7. The van der Waals surface area contributed by atoms with Crippen LogP contribution in [0, 0.1) is 10.1 Å². The van der Waals surface area contributed by atoms with Gasteiger partial charge in [0.05, 0.1) is 11.0 Å². The van der Waals surface area contributed by atoms with Crippen molar-refractivity contribution in [3.05, 3.63) is 34.4 Å². The molecule has 2 rings (SSSR count). The minimum atomic E-state index is -0.408. The number of rotatable bonds is 4. The molecule has 5 nitrogen and oxygen atoms in total. The number of ether oxygens (including phenoxy) is 1. The highest BCUT2D eigenvalue weighted by molar-refractivity contribution is 5.85. The molecule has 18 heavy (non-hydrogen) atoms. The van der Waals surface area contributed by atoms with Gasteiger partial charge < -0.3 is 9.64 Å². The van der Waals surface area contributed by atoms with Gasteiger partial charge in [-0.2, -0.15) is 0 Å². The van der Waals surface area contributed by atoms with Crippen LogP contribution in [0.1, 0.15) is 12.8 Å². The molecular weight excluding hydrogens is 256 g/mol. The summed E-state index contributed by atoms with van der Waals surface area (Å²) in [5.41, 5.74) is 0.0716. The van der Waals surface area contributed by atoms with Crippen LogP contribution in [-0.4, -0.2) is 36.1 Å². The average Bonchev–Trinajstić information content (AvgIpc) is 2.72. The molecule has 0 N–H and O–H groups in total. The number of non-ortho nitro benzene ring substituents is 1. The molecule has 1 aliphatic heterocycles. The molecule has 1 aromatic rings. The van der Waals surface area contributed by atoms with Crippen LogP contribution in [-0.2, 0) is 0 Å². The van der Waals surface area contributed by atoms with E-state index >= 15 is 0 Å². The zero-order valence-corrected chi connectivity index (χ0v) is 11.1. The Balaban J connectivity index is 0.00000162. The third-order valence-corrected chi connectivity index (χ3v) is 3.14. The zero-order chi connectivity index (χ0) is 12.3. The number of hydrogen-bond donors (Lipinski definition) is 0. The van der Waals surface area contributed by atoms with Crippen molar-refractivity contribution in [2.75, 3.05) is 20.2 Å². The Bertz CT molecular complexity index is 414. The van der Waals surface area contributed by atoms with E-state index < -0.39 is 4.92 Å². The van der Waals surface area contributed by atoms with Gasteiger partial charge in [0.1, 0.15) is 12.4 Å². The molecule has 0 spiro atoms. The van der Waals surface area contributed by atoms with Crippen LogP contribution in [0.5, 0.6) is 5.75 Å². The van der Waals surface area contributed by atoms with Crippen molar-refractivity contribution < 1.29 is 9.66 Å². The lowest BCUT2D eigenvalue weighted by Crippen LogP contribution is -2.30. The Hall–Kier alpha value is -1.33. The summed E-state index contributed by atoms with van der Waals surface area (Å²) >= 11 is 0. The summed E-state index contributed by atoms with van der Waals surface area (Å²) in [5, 5.41) is 10.6. The van der Waals surface area contributed by atoms with Gasteiger partial charge in [-0.05, 0) is 32.5 Å². The summed E-state index contributed by atoms with van der Waals surface area (Å²) in [6.07, 6.45) is 2.32. The lowest BCUT2D eigenvalue weighted by atomic mass is 10.2. The topological polar surface area (TPSA) is 55.6 Å². The van der Waals surface area contributed by atoms with Crippen molar-refractivity contribution in [3.8, 4) is 5.75 Å². The molecule has 1 heterocycles. The first-order chi connectivity index (χ1) is 8.16. The molecule has 1 aromatic carbocycles. The van der Waals surface area contributed by atoms with Crippen LogP contribution < -0.4 is 4.74 Å². The number of halogens is 1. The van der Waals surface area contributed by atoms with E-state index in [1.54, 1.807) is 12.1 Å². The quantitative estimate of drug-likeness (QED) is 0.624. The van der Waals surface area contributed by atoms with Crippen LogP contribution >= 0.6 is 12.4 Å². The highest BCUT2D eigenvalue weighted by Gasteiger charge is 2.21. The number of nitro benzene ring substituents is 1. The Morgan fingerprint density at radius 3 is 2.94 bits per heavy atom. The number of hydrogen-bond acceptors (Lipinski definition) is 4. The second kappa shape index (κ2) is 6.56.